The van der Waals surface area contributed by atoms with Crippen LogP contribution in [0.15, 0.2) is 41.7 Å². The molecule has 0 radical (unpaired) electrons. The Labute approximate surface area is 141 Å². The number of aromatic nitrogens is 1. The van der Waals surface area contributed by atoms with Crippen LogP contribution in [-0.4, -0.2) is 39.1 Å². The summed E-state index contributed by atoms with van der Waals surface area (Å²) in [7, 11) is 0. The molecule has 0 bridgehead atoms. The van der Waals surface area contributed by atoms with Crippen molar-refractivity contribution in [1.29, 1.82) is 0 Å². The molecule has 1 N–H and O–H groups in total. The lowest BCUT2D eigenvalue weighted by Crippen LogP contribution is -2.28. The Morgan fingerprint density at radius 3 is 2.96 bits per heavy atom. The number of rotatable bonds is 3. The fourth-order valence-corrected chi connectivity index (χ4v) is 3.27. The Morgan fingerprint density at radius 2 is 2.26 bits per heavy atom. The van der Waals surface area contributed by atoms with E-state index in [0.717, 1.165) is 18.2 Å². The number of pyridine rings is 1. The van der Waals surface area contributed by atoms with Crippen LogP contribution < -0.4 is 4.74 Å². The van der Waals surface area contributed by atoms with E-state index < -0.39 is 5.82 Å². The highest BCUT2D eigenvalue weighted by Gasteiger charge is 2.19. The molecule has 120 valence electrons. The minimum Gasteiger partial charge on any atom is -0.439 e. The summed E-state index contributed by atoms with van der Waals surface area (Å²) in [5.41, 5.74) is 0.688. The van der Waals surface area contributed by atoms with Crippen molar-refractivity contribution in [2.75, 3.05) is 18.2 Å². The molecule has 0 unspecified atom stereocenters. The molecule has 0 atom stereocenters. The Balaban J connectivity index is 1.82. The van der Waals surface area contributed by atoms with Gasteiger partial charge < -0.3 is 14.8 Å². The normalized spacial score (nSPS) is 15.0. The third-order valence-corrected chi connectivity index (χ3v) is 4.51. The highest BCUT2D eigenvalue weighted by molar-refractivity contribution is 7.99. The highest BCUT2D eigenvalue weighted by Crippen LogP contribution is 2.26. The molecule has 0 spiro atoms. The highest BCUT2D eigenvalue weighted by atomic mass is 35.5. The lowest BCUT2D eigenvalue weighted by molar-refractivity contribution is 0.308. The zero-order valence-corrected chi connectivity index (χ0v) is 13.5. The molecule has 3 rings (SSSR count). The van der Waals surface area contributed by atoms with E-state index in [1.807, 2.05) is 4.90 Å². The van der Waals surface area contributed by atoms with Gasteiger partial charge in [0.1, 0.15) is 11.6 Å². The van der Waals surface area contributed by atoms with Crippen LogP contribution in [0, 0.1) is 5.82 Å². The molecule has 8 heteroatoms. The molecule has 1 saturated heterocycles. The second kappa shape index (κ2) is 7.06. The first-order chi connectivity index (χ1) is 11.2. The standard InChI is InChI=1S/C15H13ClFN3O2S/c16-12-8-11(1-2-13(12)17)22-14-7-10(3-4-18-14)15(19-21)20-5-6-23-9-20/h1-4,7-8,21H,5-6,9H2/b19-15-. The Hall–Kier alpha value is -1.99. The van der Waals surface area contributed by atoms with Gasteiger partial charge in [0, 0.05) is 36.2 Å². The maximum absolute atomic E-state index is 13.2. The van der Waals surface area contributed by atoms with Crippen molar-refractivity contribution in [2.45, 2.75) is 0 Å². The molecule has 1 aliphatic heterocycles. The van der Waals surface area contributed by atoms with Crippen molar-refractivity contribution in [1.82, 2.24) is 9.88 Å². The fraction of sp³-hybridized carbons (Fsp3) is 0.200. The predicted molar refractivity (Wildman–Crippen MR) is 88.1 cm³/mol. The smallest absolute Gasteiger partial charge is 0.219 e. The summed E-state index contributed by atoms with van der Waals surface area (Å²) < 4.78 is 18.8. The van der Waals surface area contributed by atoms with Crippen molar-refractivity contribution in [3.05, 3.63) is 52.9 Å². The van der Waals surface area contributed by atoms with E-state index in [1.54, 1.807) is 30.1 Å². The van der Waals surface area contributed by atoms with E-state index in [0.29, 0.717) is 23.0 Å². The lowest BCUT2D eigenvalue weighted by atomic mass is 10.2. The van der Waals surface area contributed by atoms with E-state index in [4.69, 9.17) is 16.3 Å². The number of halogens is 2. The number of nitrogens with zero attached hydrogens (tertiary/aromatic N) is 3. The van der Waals surface area contributed by atoms with Gasteiger partial charge in [0.15, 0.2) is 5.84 Å². The molecule has 5 nitrogen and oxygen atoms in total. The zero-order valence-electron chi connectivity index (χ0n) is 11.9. The molecule has 2 heterocycles. The first-order valence-electron chi connectivity index (χ1n) is 6.81. The number of amidine groups is 1. The molecule has 1 aromatic carbocycles. The third kappa shape index (κ3) is 3.68. The first kappa shape index (κ1) is 15.9. The molecular weight excluding hydrogens is 341 g/mol. The van der Waals surface area contributed by atoms with E-state index in [1.165, 1.54) is 18.2 Å². The summed E-state index contributed by atoms with van der Waals surface area (Å²) in [5, 5.41) is 12.7. The molecular formula is C15H13ClFN3O2S. The van der Waals surface area contributed by atoms with Gasteiger partial charge in [-0.1, -0.05) is 16.8 Å². The summed E-state index contributed by atoms with van der Waals surface area (Å²) in [6, 6.07) is 7.47. The van der Waals surface area contributed by atoms with Crippen LogP contribution in [0.4, 0.5) is 4.39 Å². The van der Waals surface area contributed by atoms with Crippen molar-refractivity contribution < 1.29 is 14.3 Å². The van der Waals surface area contributed by atoms with Gasteiger partial charge in [-0.25, -0.2) is 9.37 Å². The number of benzene rings is 1. The predicted octanol–water partition coefficient (Wildman–Crippen LogP) is 3.81. The van der Waals surface area contributed by atoms with Crippen LogP contribution in [0.25, 0.3) is 0 Å². The van der Waals surface area contributed by atoms with Crippen LogP contribution in [0.1, 0.15) is 5.56 Å². The second-order valence-corrected chi connectivity index (χ2v) is 6.27. The molecule has 23 heavy (non-hydrogen) atoms. The van der Waals surface area contributed by atoms with E-state index in [-0.39, 0.29) is 5.02 Å². The maximum Gasteiger partial charge on any atom is 0.219 e. The molecule has 0 aliphatic carbocycles. The first-order valence-corrected chi connectivity index (χ1v) is 8.35. The quantitative estimate of drug-likeness (QED) is 0.393. The van der Waals surface area contributed by atoms with E-state index in [2.05, 4.69) is 10.1 Å². The summed E-state index contributed by atoms with van der Waals surface area (Å²) in [5.74, 6) is 2.40. The Bertz CT molecular complexity index is 738. The second-order valence-electron chi connectivity index (χ2n) is 4.79. The third-order valence-electron chi connectivity index (χ3n) is 3.25. The van der Waals surface area contributed by atoms with Gasteiger partial charge in [0.05, 0.1) is 10.9 Å². The fourth-order valence-electron chi connectivity index (χ4n) is 2.15. The van der Waals surface area contributed by atoms with Crippen LogP contribution in [0.2, 0.25) is 5.02 Å². The number of oxime groups is 1. The molecule has 1 aliphatic rings. The van der Waals surface area contributed by atoms with E-state index >= 15 is 0 Å². The minimum atomic E-state index is -0.512. The molecule has 0 saturated carbocycles. The minimum absolute atomic E-state index is 0.0228. The van der Waals surface area contributed by atoms with Crippen LogP contribution in [-0.2, 0) is 0 Å². The van der Waals surface area contributed by atoms with Crippen molar-refractivity contribution in [3.8, 4) is 11.6 Å². The summed E-state index contributed by atoms with van der Waals surface area (Å²) >= 11 is 7.50. The number of hydrogen-bond donors (Lipinski definition) is 1. The average Bonchev–Trinajstić information content (AvgIpc) is 3.06. The zero-order chi connectivity index (χ0) is 16.2. The van der Waals surface area contributed by atoms with Crippen LogP contribution in [0.3, 0.4) is 0 Å². The SMILES string of the molecule is O/N=C(/c1ccnc(Oc2ccc(F)c(Cl)c2)c1)N1CCSC1. The molecule has 2 aromatic rings. The summed E-state index contributed by atoms with van der Waals surface area (Å²) in [6.45, 7) is 0.816. The number of thioether (sulfide) groups is 1. The van der Waals surface area contributed by atoms with Crippen LogP contribution in [0.5, 0.6) is 11.6 Å². The summed E-state index contributed by atoms with van der Waals surface area (Å²) in [6.07, 6.45) is 1.56. The van der Waals surface area contributed by atoms with Gasteiger partial charge in [0.25, 0.3) is 0 Å². The van der Waals surface area contributed by atoms with Gasteiger partial charge in [-0.05, 0) is 18.2 Å². The van der Waals surface area contributed by atoms with Gasteiger partial charge in [0.2, 0.25) is 5.88 Å². The van der Waals surface area contributed by atoms with Gasteiger partial charge in [-0.3, -0.25) is 0 Å². The maximum atomic E-state index is 13.2. The van der Waals surface area contributed by atoms with Crippen molar-refractivity contribution in [2.24, 2.45) is 5.16 Å². The monoisotopic (exact) mass is 353 g/mol. The summed E-state index contributed by atoms with van der Waals surface area (Å²) in [4.78, 5) is 6.08. The average molecular weight is 354 g/mol. The van der Waals surface area contributed by atoms with Crippen LogP contribution >= 0.6 is 23.4 Å². The molecule has 1 aromatic heterocycles. The number of ether oxygens (including phenoxy) is 1. The van der Waals surface area contributed by atoms with E-state index in [9.17, 15) is 9.60 Å². The Morgan fingerprint density at radius 1 is 1.39 bits per heavy atom. The molecule has 1 fully saturated rings. The van der Waals surface area contributed by atoms with Crippen molar-refractivity contribution in [3.63, 3.8) is 0 Å². The van der Waals surface area contributed by atoms with Gasteiger partial charge in [-0.15, -0.1) is 11.8 Å². The topological polar surface area (TPSA) is 58.0 Å². The molecule has 0 amide bonds. The Kier molecular flexibility index (Phi) is 4.88. The van der Waals surface area contributed by atoms with Gasteiger partial charge in [-0.2, -0.15) is 0 Å². The lowest BCUT2D eigenvalue weighted by Gasteiger charge is -2.18. The van der Waals surface area contributed by atoms with Crippen molar-refractivity contribution >= 4 is 29.2 Å². The largest absolute Gasteiger partial charge is 0.439 e. The number of hydrogen-bond acceptors (Lipinski definition) is 5. The van der Waals surface area contributed by atoms with Gasteiger partial charge >= 0.3 is 0 Å².